The van der Waals surface area contributed by atoms with E-state index in [-0.39, 0.29) is 0 Å². The van der Waals surface area contributed by atoms with Gasteiger partial charge in [0.15, 0.2) is 0 Å². The maximum absolute atomic E-state index is 8.47. The zero-order valence-corrected chi connectivity index (χ0v) is 10.6. The minimum atomic E-state index is 0.762. The molecule has 2 aromatic carbocycles. The van der Waals surface area contributed by atoms with Gasteiger partial charge in [-0.15, -0.1) is 0 Å². The van der Waals surface area contributed by atoms with Crippen molar-refractivity contribution in [2.45, 2.75) is 20.8 Å². The molecule has 0 aliphatic rings. The van der Waals surface area contributed by atoms with Crippen molar-refractivity contribution in [2.24, 2.45) is 0 Å². The Kier molecular flexibility index (Phi) is 4.97. The number of nitrogens with zero attached hydrogens (tertiary/aromatic N) is 1. The van der Waals surface area contributed by atoms with Crippen molar-refractivity contribution in [1.29, 1.82) is 5.26 Å². The normalized spacial score (nSPS) is 8.82. The van der Waals surface area contributed by atoms with Crippen molar-refractivity contribution >= 4 is 0 Å². The molecule has 0 aliphatic heterocycles. The maximum Gasteiger partial charge on any atom is 0.0994 e. The van der Waals surface area contributed by atoms with E-state index in [1.807, 2.05) is 31.2 Å². The predicted molar refractivity (Wildman–Crippen MR) is 71.8 cm³/mol. The predicted octanol–water partition coefficient (Wildman–Crippen LogP) is 4.17. The molecule has 0 saturated carbocycles. The average Bonchev–Trinajstić information content (AvgIpc) is 2.34. The van der Waals surface area contributed by atoms with E-state index in [1.165, 1.54) is 11.1 Å². The van der Waals surface area contributed by atoms with E-state index in [1.54, 1.807) is 0 Å². The molecule has 0 unspecified atom stereocenters. The molecule has 0 saturated heterocycles. The molecule has 0 atom stereocenters. The van der Waals surface area contributed by atoms with Crippen LogP contribution in [0.4, 0.5) is 0 Å². The van der Waals surface area contributed by atoms with Gasteiger partial charge >= 0.3 is 0 Å². The lowest BCUT2D eigenvalue weighted by Gasteiger charge is -1.93. The highest BCUT2D eigenvalue weighted by Crippen LogP contribution is 2.03. The first-order valence-corrected chi connectivity index (χ1v) is 5.63. The summed E-state index contributed by atoms with van der Waals surface area (Å²) in [6.07, 6.45) is 0. The van der Waals surface area contributed by atoms with E-state index in [4.69, 9.17) is 5.26 Å². The molecular weight excluding hydrogens is 206 g/mol. The van der Waals surface area contributed by atoms with Gasteiger partial charge in [0.05, 0.1) is 11.6 Å². The molecule has 1 nitrogen and oxygen atoms in total. The van der Waals surface area contributed by atoms with Gasteiger partial charge < -0.3 is 0 Å². The number of hydrogen-bond donors (Lipinski definition) is 0. The summed E-state index contributed by atoms with van der Waals surface area (Å²) in [5.74, 6) is 0. The molecule has 0 N–H and O–H groups in total. The second-order valence-corrected chi connectivity index (χ2v) is 4.01. The van der Waals surface area contributed by atoms with E-state index in [9.17, 15) is 0 Å². The largest absolute Gasteiger partial charge is 0.192 e. The van der Waals surface area contributed by atoms with Crippen molar-refractivity contribution in [3.63, 3.8) is 0 Å². The fourth-order valence-corrected chi connectivity index (χ4v) is 1.36. The monoisotopic (exact) mass is 223 g/mol. The molecule has 86 valence electrons. The number of aryl methyl sites for hydroxylation is 3. The Balaban J connectivity index is 0.000000171. The van der Waals surface area contributed by atoms with Crippen molar-refractivity contribution < 1.29 is 0 Å². The first-order valence-electron chi connectivity index (χ1n) is 5.63. The number of hydrogen-bond acceptors (Lipinski definition) is 1. The average molecular weight is 223 g/mol. The van der Waals surface area contributed by atoms with E-state index in [2.05, 4.69) is 44.2 Å². The first-order chi connectivity index (χ1) is 8.15. The summed E-state index contributed by atoms with van der Waals surface area (Å²) in [5.41, 5.74) is 4.54. The molecule has 0 heterocycles. The quantitative estimate of drug-likeness (QED) is 0.657. The van der Waals surface area contributed by atoms with Crippen LogP contribution in [0.25, 0.3) is 0 Å². The summed E-state index contributed by atoms with van der Waals surface area (Å²) < 4.78 is 0. The van der Waals surface area contributed by atoms with Crippen molar-refractivity contribution in [2.75, 3.05) is 0 Å². The van der Waals surface area contributed by atoms with Gasteiger partial charge in [-0.25, -0.2) is 0 Å². The van der Waals surface area contributed by atoms with Gasteiger partial charge in [-0.3, -0.25) is 0 Å². The first kappa shape index (κ1) is 13.0. The smallest absolute Gasteiger partial charge is 0.0994 e. The zero-order valence-electron chi connectivity index (χ0n) is 10.6. The number of nitriles is 1. The molecular formula is C16H17N. The van der Waals surface area contributed by atoms with Crippen LogP contribution in [0.2, 0.25) is 0 Å². The van der Waals surface area contributed by atoms with Crippen LogP contribution in [0.1, 0.15) is 22.3 Å². The molecule has 0 aromatic heterocycles. The van der Waals surface area contributed by atoms with E-state index < -0.39 is 0 Å². The van der Waals surface area contributed by atoms with Crippen LogP contribution in [0, 0.1) is 32.1 Å². The van der Waals surface area contributed by atoms with Crippen LogP contribution >= 0.6 is 0 Å². The van der Waals surface area contributed by atoms with Gasteiger partial charge in [0.2, 0.25) is 0 Å². The minimum Gasteiger partial charge on any atom is -0.192 e. The molecule has 0 bridgehead atoms. The van der Waals surface area contributed by atoms with Gasteiger partial charge in [0.25, 0.3) is 0 Å². The van der Waals surface area contributed by atoms with E-state index in [0.29, 0.717) is 0 Å². The highest BCUT2D eigenvalue weighted by atomic mass is 14.2. The fourth-order valence-electron chi connectivity index (χ4n) is 1.36. The Morgan fingerprint density at radius 3 is 1.41 bits per heavy atom. The molecule has 0 radical (unpaired) electrons. The number of benzene rings is 2. The van der Waals surface area contributed by atoms with Crippen LogP contribution < -0.4 is 0 Å². The molecule has 0 amide bonds. The third kappa shape index (κ3) is 4.12. The van der Waals surface area contributed by atoms with Crippen LogP contribution in [-0.2, 0) is 0 Å². The summed E-state index contributed by atoms with van der Waals surface area (Å²) in [5, 5.41) is 8.47. The Morgan fingerprint density at radius 2 is 1.12 bits per heavy atom. The minimum absolute atomic E-state index is 0.762. The molecule has 2 rings (SSSR count). The molecule has 1 heteroatoms. The third-order valence-electron chi connectivity index (χ3n) is 2.69. The van der Waals surface area contributed by atoms with Gasteiger partial charge in [-0.2, -0.15) is 5.26 Å². The molecule has 2 aromatic rings. The summed E-state index contributed by atoms with van der Waals surface area (Å²) in [7, 11) is 0. The third-order valence-corrected chi connectivity index (χ3v) is 2.69. The highest BCUT2D eigenvalue weighted by Gasteiger charge is 1.90. The zero-order chi connectivity index (χ0) is 12.7. The SMILES string of the molecule is Cc1ccccc1C.Cc1ccccc1C#N. The van der Waals surface area contributed by atoms with Crippen molar-refractivity contribution in [3.8, 4) is 6.07 Å². The molecule has 0 spiro atoms. The van der Waals surface area contributed by atoms with Crippen LogP contribution in [0.3, 0.4) is 0 Å². The molecule has 0 fully saturated rings. The Morgan fingerprint density at radius 1 is 0.706 bits per heavy atom. The van der Waals surface area contributed by atoms with Gasteiger partial charge in [-0.1, -0.05) is 42.5 Å². The lowest BCUT2D eigenvalue weighted by molar-refractivity contribution is 1.34. The highest BCUT2D eigenvalue weighted by molar-refractivity contribution is 5.35. The summed E-state index contributed by atoms with van der Waals surface area (Å²) in [4.78, 5) is 0. The Labute approximate surface area is 103 Å². The Bertz CT molecular complexity index is 500. The van der Waals surface area contributed by atoms with Crippen LogP contribution in [-0.4, -0.2) is 0 Å². The van der Waals surface area contributed by atoms with Gasteiger partial charge in [-0.05, 0) is 43.5 Å². The second kappa shape index (κ2) is 6.50. The second-order valence-electron chi connectivity index (χ2n) is 4.01. The summed E-state index contributed by atoms with van der Waals surface area (Å²) in [6.45, 7) is 6.17. The molecule has 17 heavy (non-hydrogen) atoms. The van der Waals surface area contributed by atoms with Crippen LogP contribution in [0.15, 0.2) is 48.5 Å². The van der Waals surface area contributed by atoms with Crippen molar-refractivity contribution in [1.82, 2.24) is 0 Å². The van der Waals surface area contributed by atoms with Crippen molar-refractivity contribution in [3.05, 3.63) is 70.8 Å². The molecule has 0 aliphatic carbocycles. The fraction of sp³-hybridized carbons (Fsp3) is 0.188. The summed E-state index contributed by atoms with van der Waals surface area (Å²) >= 11 is 0. The van der Waals surface area contributed by atoms with E-state index in [0.717, 1.165) is 11.1 Å². The standard InChI is InChI=1S/C8H7N.C8H10/c1-7-4-2-3-5-8(7)6-9;1-7-5-3-4-6-8(7)2/h2-5H,1H3;3-6H,1-2H3. The van der Waals surface area contributed by atoms with E-state index >= 15 is 0 Å². The maximum atomic E-state index is 8.47. The Hall–Kier alpha value is -2.07. The number of rotatable bonds is 0. The van der Waals surface area contributed by atoms with Crippen LogP contribution in [0.5, 0.6) is 0 Å². The van der Waals surface area contributed by atoms with Gasteiger partial charge in [0, 0.05) is 0 Å². The topological polar surface area (TPSA) is 23.8 Å². The van der Waals surface area contributed by atoms with Gasteiger partial charge in [0.1, 0.15) is 0 Å². The summed E-state index contributed by atoms with van der Waals surface area (Å²) in [6, 6.07) is 18.0. The lowest BCUT2D eigenvalue weighted by Crippen LogP contribution is -1.77. The lowest BCUT2D eigenvalue weighted by atomic mass is 10.1.